The van der Waals surface area contributed by atoms with Crippen LogP contribution in [0, 0.1) is 4.91 Å². The molecule has 66 valence electrons. The third-order valence-electron chi connectivity index (χ3n) is 1.43. The van der Waals surface area contributed by atoms with Gasteiger partial charge in [0, 0.05) is 9.38 Å². The molecule has 0 atom stereocenters. The first-order valence-electron chi connectivity index (χ1n) is 3.40. The molecular weight excluding hydrogens is 236 g/mol. The Hall–Kier alpha value is -1.39. The second kappa shape index (κ2) is 4.59. The van der Waals surface area contributed by atoms with Crippen LogP contribution in [0.4, 0.5) is 5.69 Å². The molecule has 0 bridgehead atoms. The molecule has 0 aliphatic heterocycles. The molecule has 0 N–H and O–H groups in total. The fourth-order valence-electron chi connectivity index (χ4n) is 0.836. The highest BCUT2D eigenvalue weighted by atomic mass is 79.9. The van der Waals surface area contributed by atoms with E-state index in [9.17, 15) is 4.91 Å². The smallest absolute Gasteiger partial charge is 0.122 e. The molecule has 6 heteroatoms. The zero-order valence-electron chi connectivity index (χ0n) is 6.51. The molecule has 1 aromatic carbocycles. The second-order valence-electron chi connectivity index (χ2n) is 2.27. The van der Waals surface area contributed by atoms with E-state index in [-0.39, 0.29) is 6.54 Å². The van der Waals surface area contributed by atoms with Crippen molar-refractivity contribution in [3.63, 3.8) is 0 Å². The summed E-state index contributed by atoms with van der Waals surface area (Å²) in [5.41, 5.74) is 9.24. The van der Waals surface area contributed by atoms with E-state index < -0.39 is 0 Å². The molecule has 0 fully saturated rings. The number of nitrogens with zero attached hydrogens (tertiary/aromatic N) is 4. The first-order valence-corrected chi connectivity index (χ1v) is 4.20. The lowest BCUT2D eigenvalue weighted by molar-refractivity contribution is 1.05. The maximum atomic E-state index is 10.2. The fraction of sp³-hybridized carbons (Fsp3) is 0.143. The molecule has 0 unspecified atom stereocenters. The maximum Gasteiger partial charge on any atom is 0.122 e. The molecule has 0 radical (unpaired) electrons. The Morgan fingerprint density at radius 1 is 1.54 bits per heavy atom. The molecule has 13 heavy (non-hydrogen) atoms. The van der Waals surface area contributed by atoms with Gasteiger partial charge in [0.2, 0.25) is 0 Å². The monoisotopic (exact) mass is 240 g/mol. The van der Waals surface area contributed by atoms with Gasteiger partial charge in [0.05, 0.1) is 6.54 Å². The summed E-state index contributed by atoms with van der Waals surface area (Å²) < 4.78 is 0.605. The SMILES string of the molecule is [N-]=[N+]=NCc1ccc(N=O)c(Br)c1. The Morgan fingerprint density at radius 2 is 2.31 bits per heavy atom. The zero-order chi connectivity index (χ0) is 9.68. The van der Waals surface area contributed by atoms with E-state index >= 15 is 0 Å². The Bertz CT molecular complexity index is 373. The highest BCUT2D eigenvalue weighted by Crippen LogP contribution is 2.26. The van der Waals surface area contributed by atoms with Crippen molar-refractivity contribution in [1.29, 1.82) is 0 Å². The summed E-state index contributed by atoms with van der Waals surface area (Å²) >= 11 is 3.17. The average molecular weight is 241 g/mol. The van der Waals surface area contributed by atoms with Crippen molar-refractivity contribution in [3.8, 4) is 0 Å². The lowest BCUT2D eigenvalue weighted by atomic mass is 10.2. The van der Waals surface area contributed by atoms with Crippen LogP contribution in [0.2, 0.25) is 0 Å². The van der Waals surface area contributed by atoms with E-state index in [0.717, 1.165) is 5.56 Å². The van der Waals surface area contributed by atoms with E-state index in [2.05, 4.69) is 31.1 Å². The Labute approximate surface area is 82.5 Å². The molecule has 0 aliphatic rings. The summed E-state index contributed by atoms with van der Waals surface area (Å²) in [6.45, 7) is 0.272. The van der Waals surface area contributed by atoms with Crippen LogP contribution in [-0.2, 0) is 6.54 Å². The summed E-state index contributed by atoms with van der Waals surface area (Å²) in [4.78, 5) is 12.8. The van der Waals surface area contributed by atoms with Crippen molar-refractivity contribution < 1.29 is 0 Å². The first kappa shape index (κ1) is 9.70. The van der Waals surface area contributed by atoms with E-state index in [1.54, 1.807) is 18.2 Å². The summed E-state index contributed by atoms with van der Waals surface area (Å²) in [6.07, 6.45) is 0. The highest BCUT2D eigenvalue weighted by molar-refractivity contribution is 9.10. The fourth-order valence-corrected chi connectivity index (χ4v) is 1.33. The van der Waals surface area contributed by atoms with Crippen LogP contribution in [0.25, 0.3) is 10.4 Å². The highest BCUT2D eigenvalue weighted by Gasteiger charge is 2.00. The van der Waals surface area contributed by atoms with Crippen molar-refractivity contribution in [2.24, 2.45) is 10.3 Å². The van der Waals surface area contributed by atoms with Gasteiger partial charge in [-0.25, -0.2) is 0 Å². The number of hydrogen-bond acceptors (Lipinski definition) is 3. The predicted octanol–water partition coefficient (Wildman–Crippen LogP) is 3.66. The summed E-state index contributed by atoms with van der Waals surface area (Å²) in [6, 6.07) is 4.96. The summed E-state index contributed by atoms with van der Waals surface area (Å²) in [5, 5.41) is 6.18. The minimum Gasteiger partial charge on any atom is -0.145 e. The molecule has 0 amide bonds. The Balaban J connectivity index is 2.95. The molecule has 1 aromatic rings. The summed E-state index contributed by atoms with van der Waals surface area (Å²) in [7, 11) is 0. The molecular formula is C7H5BrN4O. The van der Waals surface area contributed by atoms with Gasteiger partial charge in [-0.2, -0.15) is 0 Å². The van der Waals surface area contributed by atoms with Crippen LogP contribution < -0.4 is 0 Å². The molecule has 0 spiro atoms. The lowest BCUT2D eigenvalue weighted by Crippen LogP contribution is -1.79. The van der Waals surface area contributed by atoms with E-state index in [0.29, 0.717) is 10.2 Å². The number of hydrogen-bond donors (Lipinski definition) is 0. The standard InChI is InChI=1S/C7H5BrN4O/c8-6-3-5(4-10-12-9)1-2-7(6)11-13/h1-3H,4H2. The number of azide groups is 1. The number of nitroso groups, excluding NO2 is 1. The summed E-state index contributed by atoms with van der Waals surface area (Å²) in [5.74, 6) is 0. The zero-order valence-corrected chi connectivity index (χ0v) is 8.10. The van der Waals surface area contributed by atoms with Crippen LogP contribution in [0.15, 0.2) is 33.0 Å². The van der Waals surface area contributed by atoms with E-state index in [4.69, 9.17) is 5.53 Å². The van der Waals surface area contributed by atoms with Crippen LogP contribution in [-0.4, -0.2) is 0 Å². The topological polar surface area (TPSA) is 78.2 Å². The predicted molar refractivity (Wildman–Crippen MR) is 52.4 cm³/mol. The Kier molecular flexibility index (Phi) is 3.42. The second-order valence-corrected chi connectivity index (χ2v) is 3.12. The minimum absolute atomic E-state index is 0.272. The van der Waals surface area contributed by atoms with Crippen molar-refractivity contribution >= 4 is 21.6 Å². The molecule has 0 saturated heterocycles. The molecule has 0 heterocycles. The number of benzene rings is 1. The quantitative estimate of drug-likeness (QED) is 0.344. The van der Waals surface area contributed by atoms with E-state index in [1.807, 2.05) is 0 Å². The molecule has 0 saturated carbocycles. The van der Waals surface area contributed by atoms with Crippen LogP contribution in [0.3, 0.4) is 0 Å². The van der Waals surface area contributed by atoms with Crippen molar-refractivity contribution in [2.75, 3.05) is 0 Å². The number of rotatable bonds is 3. The molecule has 5 nitrogen and oxygen atoms in total. The number of halogens is 1. The van der Waals surface area contributed by atoms with Gasteiger partial charge >= 0.3 is 0 Å². The third-order valence-corrected chi connectivity index (χ3v) is 2.06. The maximum absolute atomic E-state index is 10.2. The van der Waals surface area contributed by atoms with Crippen LogP contribution in [0.1, 0.15) is 5.56 Å². The van der Waals surface area contributed by atoms with Crippen LogP contribution in [0.5, 0.6) is 0 Å². The van der Waals surface area contributed by atoms with Gasteiger partial charge in [-0.15, -0.1) is 4.91 Å². The van der Waals surface area contributed by atoms with Gasteiger partial charge in [-0.1, -0.05) is 11.2 Å². The largest absolute Gasteiger partial charge is 0.145 e. The average Bonchev–Trinajstić information content (AvgIpc) is 2.15. The van der Waals surface area contributed by atoms with Gasteiger partial charge < -0.3 is 0 Å². The minimum atomic E-state index is 0.272. The van der Waals surface area contributed by atoms with Gasteiger partial charge in [0.15, 0.2) is 0 Å². The van der Waals surface area contributed by atoms with Crippen LogP contribution >= 0.6 is 15.9 Å². The molecule has 0 aromatic heterocycles. The van der Waals surface area contributed by atoms with E-state index in [1.165, 1.54) is 0 Å². The van der Waals surface area contributed by atoms with Crippen molar-refractivity contribution in [3.05, 3.63) is 43.6 Å². The van der Waals surface area contributed by atoms with Gasteiger partial charge in [0.1, 0.15) is 5.69 Å². The molecule has 1 rings (SSSR count). The lowest BCUT2D eigenvalue weighted by Gasteiger charge is -1.97. The molecule has 0 aliphatic carbocycles. The third kappa shape index (κ3) is 2.54. The van der Waals surface area contributed by atoms with Gasteiger partial charge in [0.25, 0.3) is 0 Å². The van der Waals surface area contributed by atoms with Crippen molar-refractivity contribution in [2.45, 2.75) is 6.54 Å². The van der Waals surface area contributed by atoms with Crippen molar-refractivity contribution in [1.82, 2.24) is 0 Å². The first-order chi connectivity index (χ1) is 6.27. The van der Waals surface area contributed by atoms with Gasteiger partial charge in [-0.05, 0) is 44.3 Å². The Morgan fingerprint density at radius 3 is 2.85 bits per heavy atom. The van der Waals surface area contributed by atoms with Gasteiger partial charge in [-0.3, -0.25) is 0 Å². The normalized spacial score (nSPS) is 9.00.